The molecule has 7 heteroatoms. The smallest absolute Gasteiger partial charge is 0.374 e. The molecule has 0 fully saturated rings. The van der Waals surface area contributed by atoms with Crippen LogP contribution in [0, 0.1) is 0 Å². The molecule has 0 unspecified atom stereocenters. The number of carbonyl (C=O) groups excluding carboxylic acids is 2. The van der Waals surface area contributed by atoms with Gasteiger partial charge in [0.1, 0.15) is 0 Å². The molecule has 2 aromatic rings. The van der Waals surface area contributed by atoms with Crippen molar-refractivity contribution in [2.45, 2.75) is 40.0 Å². The number of ether oxygens (including phenoxy) is 2. The van der Waals surface area contributed by atoms with E-state index in [4.69, 9.17) is 9.47 Å². The molecule has 0 bridgehead atoms. The zero-order valence-electron chi connectivity index (χ0n) is 13.8. The van der Waals surface area contributed by atoms with Crippen molar-refractivity contribution in [1.29, 1.82) is 0 Å². The van der Waals surface area contributed by atoms with E-state index in [0.29, 0.717) is 12.1 Å². The zero-order valence-corrected chi connectivity index (χ0v) is 13.8. The summed E-state index contributed by atoms with van der Waals surface area (Å²) >= 11 is 0. The number of esters is 2. The lowest BCUT2D eigenvalue weighted by atomic mass is 10.0. The molecule has 0 aromatic carbocycles. The monoisotopic (exact) mass is 319 g/mol. The van der Waals surface area contributed by atoms with Gasteiger partial charge in [0.05, 0.1) is 25.1 Å². The van der Waals surface area contributed by atoms with Gasteiger partial charge in [0.2, 0.25) is 5.82 Å². The first kappa shape index (κ1) is 16.9. The first-order valence-corrected chi connectivity index (χ1v) is 7.61. The van der Waals surface area contributed by atoms with Crippen molar-refractivity contribution >= 4 is 17.6 Å². The van der Waals surface area contributed by atoms with Gasteiger partial charge in [-0.1, -0.05) is 13.8 Å². The minimum atomic E-state index is -0.488. The number of hydrogen-bond acceptors (Lipinski definition) is 6. The van der Waals surface area contributed by atoms with Gasteiger partial charge in [-0.15, -0.1) is 0 Å². The van der Waals surface area contributed by atoms with Crippen LogP contribution in [0.1, 0.15) is 55.5 Å². The molecule has 0 aliphatic rings. The van der Waals surface area contributed by atoms with Crippen LogP contribution in [0.4, 0.5) is 0 Å². The highest BCUT2D eigenvalue weighted by Gasteiger charge is 2.18. The van der Waals surface area contributed by atoms with E-state index in [1.54, 1.807) is 17.5 Å². The maximum atomic E-state index is 12.0. The lowest BCUT2D eigenvalue weighted by Crippen LogP contribution is -2.13. The first-order chi connectivity index (χ1) is 10.9. The number of carbonyl (C=O) groups is 2. The quantitative estimate of drug-likeness (QED) is 0.759. The van der Waals surface area contributed by atoms with Crippen LogP contribution in [0.2, 0.25) is 0 Å². The lowest BCUT2D eigenvalue weighted by Gasteiger charge is -2.13. The Kier molecular flexibility index (Phi) is 5.31. The summed E-state index contributed by atoms with van der Waals surface area (Å²) in [6.45, 7) is 7.75. The normalized spacial score (nSPS) is 11.0. The fraction of sp³-hybridized carbons (Fsp3) is 0.500. The number of aromatic nitrogens is 3. The average molecular weight is 319 g/mol. The molecule has 0 amide bonds. The minimum absolute atomic E-state index is 0.193. The van der Waals surface area contributed by atoms with E-state index in [-0.39, 0.29) is 30.9 Å². The SMILES string of the molecule is CCOC(=O)c1ncc2nc(C(C)C)c(CCOC(C)=O)cn12. The summed E-state index contributed by atoms with van der Waals surface area (Å²) < 4.78 is 11.6. The van der Waals surface area contributed by atoms with Gasteiger partial charge in [0.25, 0.3) is 0 Å². The van der Waals surface area contributed by atoms with Crippen molar-refractivity contribution in [2.24, 2.45) is 0 Å². The number of hydrogen-bond donors (Lipinski definition) is 0. The summed E-state index contributed by atoms with van der Waals surface area (Å²) in [5.41, 5.74) is 2.41. The molecule has 0 spiro atoms. The molecule has 0 saturated carbocycles. The van der Waals surface area contributed by atoms with E-state index in [1.165, 1.54) is 6.92 Å². The van der Waals surface area contributed by atoms with E-state index < -0.39 is 5.97 Å². The van der Waals surface area contributed by atoms with Crippen molar-refractivity contribution in [2.75, 3.05) is 13.2 Å². The molecule has 23 heavy (non-hydrogen) atoms. The highest BCUT2D eigenvalue weighted by molar-refractivity contribution is 5.86. The molecular formula is C16H21N3O4. The Morgan fingerprint density at radius 1 is 1.30 bits per heavy atom. The van der Waals surface area contributed by atoms with Gasteiger partial charge in [-0.3, -0.25) is 9.20 Å². The average Bonchev–Trinajstić information content (AvgIpc) is 2.89. The Morgan fingerprint density at radius 3 is 2.65 bits per heavy atom. The second-order valence-electron chi connectivity index (χ2n) is 5.43. The van der Waals surface area contributed by atoms with Crippen LogP contribution in [0.15, 0.2) is 12.4 Å². The number of fused-ring (bicyclic) bond motifs is 1. The van der Waals surface area contributed by atoms with E-state index in [9.17, 15) is 9.59 Å². The van der Waals surface area contributed by atoms with Gasteiger partial charge in [-0.05, 0) is 18.4 Å². The second kappa shape index (κ2) is 7.21. The van der Waals surface area contributed by atoms with Crippen LogP contribution in [-0.2, 0) is 20.7 Å². The molecule has 0 radical (unpaired) electrons. The van der Waals surface area contributed by atoms with Crippen LogP contribution < -0.4 is 0 Å². The Bertz CT molecular complexity index is 721. The number of rotatable bonds is 6. The van der Waals surface area contributed by atoms with Crippen molar-refractivity contribution in [3.8, 4) is 0 Å². The van der Waals surface area contributed by atoms with Crippen LogP contribution in [0.25, 0.3) is 5.65 Å². The van der Waals surface area contributed by atoms with Gasteiger partial charge in [0, 0.05) is 19.5 Å². The molecule has 0 aliphatic heterocycles. The molecule has 124 valence electrons. The Morgan fingerprint density at radius 2 is 2.04 bits per heavy atom. The van der Waals surface area contributed by atoms with Gasteiger partial charge in [-0.25, -0.2) is 14.8 Å². The standard InChI is InChI=1S/C16H21N3O4/c1-5-22-16(21)15-17-8-13-18-14(10(2)3)12(9-19(13)15)6-7-23-11(4)20/h8-10H,5-7H2,1-4H3. The zero-order chi connectivity index (χ0) is 17.0. The lowest BCUT2D eigenvalue weighted by molar-refractivity contribution is -0.140. The summed E-state index contributed by atoms with van der Waals surface area (Å²) in [4.78, 5) is 31.6. The van der Waals surface area contributed by atoms with Gasteiger partial charge >= 0.3 is 11.9 Å². The van der Waals surface area contributed by atoms with Crippen molar-refractivity contribution in [3.05, 3.63) is 29.5 Å². The Hall–Kier alpha value is -2.44. The predicted octanol–water partition coefficient (Wildman–Crippen LogP) is 2.13. The van der Waals surface area contributed by atoms with Crippen molar-refractivity contribution in [1.82, 2.24) is 14.4 Å². The molecule has 7 nitrogen and oxygen atoms in total. The Labute approximate surface area is 134 Å². The topological polar surface area (TPSA) is 82.8 Å². The van der Waals surface area contributed by atoms with Crippen LogP contribution in [0.3, 0.4) is 0 Å². The highest BCUT2D eigenvalue weighted by Crippen LogP contribution is 2.20. The number of imidazole rings is 1. The molecule has 0 saturated heterocycles. The van der Waals surface area contributed by atoms with Gasteiger partial charge in [-0.2, -0.15) is 0 Å². The van der Waals surface area contributed by atoms with Crippen molar-refractivity contribution in [3.63, 3.8) is 0 Å². The van der Waals surface area contributed by atoms with Crippen LogP contribution >= 0.6 is 0 Å². The fourth-order valence-electron chi connectivity index (χ4n) is 2.32. The van der Waals surface area contributed by atoms with Crippen molar-refractivity contribution < 1.29 is 19.1 Å². The summed E-state index contributed by atoms with van der Waals surface area (Å²) in [6.07, 6.45) is 3.89. The van der Waals surface area contributed by atoms with E-state index in [0.717, 1.165) is 11.3 Å². The van der Waals surface area contributed by atoms with E-state index >= 15 is 0 Å². The molecule has 0 atom stereocenters. The number of nitrogens with zero attached hydrogens (tertiary/aromatic N) is 3. The predicted molar refractivity (Wildman–Crippen MR) is 83.4 cm³/mol. The van der Waals surface area contributed by atoms with Crippen LogP contribution in [0.5, 0.6) is 0 Å². The molecule has 2 rings (SSSR count). The minimum Gasteiger partial charge on any atom is -0.466 e. The third-order valence-corrected chi connectivity index (χ3v) is 3.31. The maximum Gasteiger partial charge on any atom is 0.374 e. The third-order valence-electron chi connectivity index (χ3n) is 3.31. The first-order valence-electron chi connectivity index (χ1n) is 7.61. The fourth-order valence-corrected chi connectivity index (χ4v) is 2.32. The van der Waals surface area contributed by atoms with Gasteiger partial charge in [0.15, 0.2) is 5.65 Å². The summed E-state index contributed by atoms with van der Waals surface area (Å²) in [6, 6.07) is 0. The highest BCUT2D eigenvalue weighted by atomic mass is 16.5. The maximum absolute atomic E-state index is 12.0. The third kappa shape index (κ3) is 3.85. The molecular weight excluding hydrogens is 298 g/mol. The van der Waals surface area contributed by atoms with E-state index in [1.807, 2.05) is 20.0 Å². The summed E-state index contributed by atoms with van der Waals surface area (Å²) in [5.74, 6) is -0.413. The summed E-state index contributed by atoms with van der Waals surface area (Å²) in [7, 11) is 0. The summed E-state index contributed by atoms with van der Waals surface area (Å²) in [5, 5.41) is 0. The molecule has 2 heterocycles. The Balaban J connectivity index is 2.41. The van der Waals surface area contributed by atoms with Crippen LogP contribution in [-0.4, -0.2) is 39.5 Å². The second-order valence-corrected chi connectivity index (χ2v) is 5.43. The van der Waals surface area contributed by atoms with E-state index in [2.05, 4.69) is 9.97 Å². The largest absolute Gasteiger partial charge is 0.466 e. The molecule has 0 aliphatic carbocycles. The molecule has 0 N–H and O–H groups in total. The molecule has 2 aromatic heterocycles. The van der Waals surface area contributed by atoms with Gasteiger partial charge < -0.3 is 9.47 Å².